The summed E-state index contributed by atoms with van der Waals surface area (Å²) in [6, 6.07) is 6.70. The molecule has 0 spiro atoms. The number of thiol groups is 1. The lowest BCUT2D eigenvalue weighted by atomic mass is 10.2. The number of benzene rings is 1. The molecule has 0 aliphatic heterocycles. The molecule has 1 aromatic carbocycles. The zero-order chi connectivity index (χ0) is 9.26. The maximum absolute atomic E-state index is 9.06. The minimum Gasteiger partial charge on any atom is -0.508 e. The first kappa shape index (κ1) is 8.12. The van der Waals surface area contributed by atoms with Gasteiger partial charge in [0.1, 0.15) is 12.1 Å². The number of nitrogens with zero attached hydrogens (tertiary/aromatic N) is 3. The molecule has 0 fully saturated rings. The maximum Gasteiger partial charge on any atom is 0.169 e. The Morgan fingerprint density at radius 1 is 1.23 bits per heavy atom. The van der Waals surface area contributed by atoms with E-state index in [2.05, 4.69) is 22.9 Å². The van der Waals surface area contributed by atoms with E-state index in [0.717, 1.165) is 5.56 Å². The first-order chi connectivity index (χ1) is 6.27. The number of aromatic nitrogens is 3. The minimum absolute atomic E-state index is 0.231. The molecule has 0 atom stereocenters. The summed E-state index contributed by atoms with van der Waals surface area (Å²) in [5.74, 6) is 0.886. The van der Waals surface area contributed by atoms with Gasteiger partial charge in [0, 0.05) is 5.56 Å². The van der Waals surface area contributed by atoms with Crippen LogP contribution >= 0.6 is 12.8 Å². The smallest absolute Gasteiger partial charge is 0.169 e. The monoisotopic (exact) mass is 193 g/mol. The van der Waals surface area contributed by atoms with Gasteiger partial charge in [0.2, 0.25) is 0 Å². The fourth-order valence-corrected chi connectivity index (χ4v) is 1.25. The molecular formula is C8H7N3OS. The Morgan fingerprint density at radius 2 is 1.92 bits per heavy atom. The van der Waals surface area contributed by atoms with E-state index < -0.39 is 0 Å². The van der Waals surface area contributed by atoms with Crippen molar-refractivity contribution in [1.82, 2.24) is 14.2 Å². The number of phenols is 1. The van der Waals surface area contributed by atoms with Gasteiger partial charge in [0.15, 0.2) is 5.82 Å². The van der Waals surface area contributed by atoms with E-state index in [-0.39, 0.29) is 5.75 Å². The van der Waals surface area contributed by atoms with Crippen LogP contribution in [0.2, 0.25) is 0 Å². The van der Waals surface area contributed by atoms with Crippen molar-refractivity contribution in [1.29, 1.82) is 0 Å². The molecule has 2 rings (SSSR count). The third kappa shape index (κ3) is 1.50. The molecule has 1 aromatic heterocycles. The van der Waals surface area contributed by atoms with Crippen LogP contribution in [-0.4, -0.2) is 19.3 Å². The van der Waals surface area contributed by atoms with Crippen molar-refractivity contribution in [3.63, 3.8) is 0 Å². The van der Waals surface area contributed by atoms with Gasteiger partial charge in [-0.1, -0.05) is 0 Å². The van der Waals surface area contributed by atoms with Crippen LogP contribution in [0.1, 0.15) is 0 Å². The average molecular weight is 193 g/mol. The van der Waals surface area contributed by atoms with Crippen LogP contribution < -0.4 is 0 Å². The van der Waals surface area contributed by atoms with Crippen LogP contribution in [0, 0.1) is 0 Å². The normalized spacial score (nSPS) is 10.2. The predicted octanol–water partition coefficient (Wildman–Crippen LogP) is 1.34. The standard InChI is InChI=1S/C8H7N3OS/c12-7-3-1-6(2-4-7)8-9-5-10-11(8)13/h1-5,12-13H. The second-order valence-electron chi connectivity index (χ2n) is 2.52. The third-order valence-corrected chi connectivity index (χ3v) is 1.95. The van der Waals surface area contributed by atoms with Gasteiger partial charge in [-0.05, 0) is 37.1 Å². The molecule has 0 saturated carbocycles. The summed E-state index contributed by atoms with van der Waals surface area (Å²) in [5, 5.41) is 12.9. The van der Waals surface area contributed by atoms with E-state index in [0.29, 0.717) is 5.82 Å². The molecular weight excluding hydrogens is 186 g/mol. The van der Waals surface area contributed by atoms with E-state index in [4.69, 9.17) is 5.11 Å². The van der Waals surface area contributed by atoms with Gasteiger partial charge in [0.25, 0.3) is 0 Å². The van der Waals surface area contributed by atoms with Crippen LogP contribution in [0.5, 0.6) is 5.75 Å². The first-order valence-corrected chi connectivity index (χ1v) is 4.06. The number of hydrogen-bond acceptors (Lipinski definition) is 4. The Labute approximate surface area is 80.4 Å². The van der Waals surface area contributed by atoms with Crippen molar-refractivity contribution in [2.75, 3.05) is 0 Å². The van der Waals surface area contributed by atoms with Gasteiger partial charge in [-0.25, -0.2) is 4.98 Å². The highest BCUT2D eigenvalue weighted by molar-refractivity contribution is 7.78. The fourth-order valence-electron chi connectivity index (χ4n) is 1.04. The second-order valence-corrected chi connectivity index (χ2v) is 2.90. The van der Waals surface area contributed by atoms with Crippen LogP contribution in [0.4, 0.5) is 0 Å². The molecule has 1 heterocycles. The van der Waals surface area contributed by atoms with Gasteiger partial charge < -0.3 is 5.11 Å². The van der Waals surface area contributed by atoms with Gasteiger partial charge in [-0.2, -0.15) is 4.09 Å². The predicted molar refractivity (Wildman–Crippen MR) is 51.5 cm³/mol. The van der Waals surface area contributed by atoms with Crippen molar-refractivity contribution in [3.05, 3.63) is 30.6 Å². The highest BCUT2D eigenvalue weighted by Gasteiger charge is 2.03. The van der Waals surface area contributed by atoms with E-state index in [1.54, 1.807) is 24.3 Å². The number of hydrogen-bond donors (Lipinski definition) is 2. The molecule has 0 aliphatic rings. The molecule has 66 valence electrons. The summed E-state index contributed by atoms with van der Waals surface area (Å²) >= 11 is 4.07. The van der Waals surface area contributed by atoms with Crippen molar-refractivity contribution >= 4 is 12.8 Å². The Balaban J connectivity index is 2.47. The number of aromatic hydroxyl groups is 1. The summed E-state index contributed by atoms with van der Waals surface area (Å²) in [6.45, 7) is 0. The van der Waals surface area contributed by atoms with Gasteiger partial charge in [0.05, 0.1) is 0 Å². The van der Waals surface area contributed by atoms with Gasteiger partial charge in [-0.15, -0.1) is 5.10 Å². The number of rotatable bonds is 1. The first-order valence-electron chi connectivity index (χ1n) is 3.66. The van der Waals surface area contributed by atoms with Crippen LogP contribution in [0.3, 0.4) is 0 Å². The van der Waals surface area contributed by atoms with E-state index in [1.807, 2.05) is 0 Å². The zero-order valence-corrected chi connectivity index (χ0v) is 7.52. The molecule has 0 radical (unpaired) electrons. The fraction of sp³-hybridized carbons (Fsp3) is 0. The van der Waals surface area contributed by atoms with E-state index >= 15 is 0 Å². The van der Waals surface area contributed by atoms with Crippen LogP contribution in [0.15, 0.2) is 30.6 Å². The average Bonchev–Trinajstić information content (AvgIpc) is 2.53. The lowest BCUT2D eigenvalue weighted by molar-refractivity contribution is 0.475. The lowest BCUT2D eigenvalue weighted by Crippen LogP contribution is -1.87. The van der Waals surface area contributed by atoms with Crippen LogP contribution in [-0.2, 0) is 0 Å². The molecule has 0 amide bonds. The third-order valence-electron chi connectivity index (χ3n) is 1.66. The molecule has 0 aliphatic carbocycles. The quantitative estimate of drug-likeness (QED) is 0.672. The summed E-state index contributed by atoms with van der Waals surface area (Å²) in [4.78, 5) is 4.01. The largest absolute Gasteiger partial charge is 0.508 e. The molecule has 0 unspecified atom stereocenters. The van der Waals surface area contributed by atoms with Gasteiger partial charge in [-0.3, -0.25) is 0 Å². The number of phenolic OH excluding ortho intramolecular Hbond substituents is 1. The SMILES string of the molecule is Oc1ccc(-c2ncnn2S)cc1. The van der Waals surface area contributed by atoms with E-state index in [9.17, 15) is 0 Å². The summed E-state index contributed by atoms with van der Waals surface area (Å²) < 4.78 is 1.38. The topological polar surface area (TPSA) is 50.9 Å². The van der Waals surface area contributed by atoms with Gasteiger partial charge >= 0.3 is 0 Å². The summed E-state index contributed by atoms with van der Waals surface area (Å²) in [6.07, 6.45) is 1.43. The van der Waals surface area contributed by atoms with Crippen molar-refractivity contribution in [2.45, 2.75) is 0 Å². The Bertz CT molecular complexity index is 410. The lowest BCUT2D eigenvalue weighted by Gasteiger charge is -1.98. The van der Waals surface area contributed by atoms with E-state index in [1.165, 1.54) is 10.4 Å². The Morgan fingerprint density at radius 3 is 2.46 bits per heavy atom. The molecule has 1 N–H and O–H groups in total. The Hall–Kier alpha value is -1.49. The molecule has 2 aromatic rings. The van der Waals surface area contributed by atoms with Crippen LogP contribution in [0.25, 0.3) is 11.4 Å². The molecule has 4 nitrogen and oxygen atoms in total. The molecule has 13 heavy (non-hydrogen) atoms. The second kappa shape index (κ2) is 3.10. The maximum atomic E-state index is 9.06. The highest BCUT2D eigenvalue weighted by Crippen LogP contribution is 2.19. The summed E-state index contributed by atoms with van der Waals surface area (Å²) in [7, 11) is 0. The highest BCUT2D eigenvalue weighted by atomic mass is 32.1. The zero-order valence-electron chi connectivity index (χ0n) is 6.62. The van der Waals surface area contributed by atoms with Crippen molar-refractivity contribution in [3.8, 4) is 17.1 Å². The Kier molecular flexibility index (Phi) is 1.94. The van der Waals surface area contributed by atoms with Crippen molar-refractivity contribution < 1.29 is 5.11 Å². The molecule has 0 saturated heterocycles. The minimum atomic E-state index is 0.231. The molecule has 0 bridgehead atoms. The van der Waals surface area contributed by atoms with Crippen molar-refractivity contribution in [2.24, 2.45) is 0 Å². The summed E-state index contributed by atoms with van der Waals surface area (Å²) in [5.41, 5.74) is 0.866. The molecule has 5 heteroatoms.